The summed E-state index contributed by atoms with van der Waals surface area (Å²) in [5.74, 6) is -1.21. The van der Waals surface area contributed by atoms with Gasteiger partial charge in [-0.1, -0.05) is 17.7 Å². The Hall–Kier alpha value is -2.37. The van der Waals surface area contributed by atoms with Gasteiger partial charge in [-0.3, -0.25) is 14.4 Å². The molecule has 1 aliphatic carbocycles. The van der Waals surface area contributed by atoms with Gasteiger partial charge in [0.05, 0.1) is 23.1 Å². The number of halogens is 4. The number of amides is 3. The molecule has 12 heteroatoms. The lowest BCUT2D eigenvalue weighted by atomic mass is 9.90. The van der Waals surface area contributed by atoms with E-state index < -0.39 is 46.8 Å². The summed E-state index contributed by atoms with van der Waals surface area (Å²) in [5.41, 5.74) is -0.728. The van der Waals surface area contributed by atoms with Gasteiger partial charge in [-0.05, 0) is 55.7 Å². The van der Waals surface area contributed by atoms with E-state index in [1.54, 1.807) is 6.92 Å². The predicted octanol–water partition coefficient (Wildman–Crippen LogP) is 2.09. The Labute approximate surface area is 218 Å². The molecule has 3 amide bonds. The third-order valence-corrected chi connectivity index (χ3v) is 8.22. The molecular weight excluding hydrogens is 515 g/mol. The smallest absolute Gasteiger partial charge is 0.391 e. The highest BCUT2D eigenvalue weighted by molar-refractivity contribution is 6.31. The number of benzene rings is 1. The zero-order chi connectivity index (χ0) is 27.1. The number of β-amino-alcohol motifs (C(OH)–C–C–N with tert-alkyl or cyclic N) is 1. The number of alkyl halides is 3. The van der Waals surface area contributed by atoms with Gasteiger partial charge in [-0.25, -0.2) is 0 Å². The van der Waals surface area contributed by atoms with Gasteiger partial charge < -0.3 is 24.9 Å². The molecule has 37 heavy (non-hydrogen) atoms. The molecule has 1 spiro atoms. The second-order valence-corrected chi connectivity index (χ2v) is 10.7. The van der Waals surface area contributed by atoms with Gasteiger partial charge in [0.1, 0.15) is 12.1 Å². The minimum absolute atomic E-state index is 0.0348. The van der Waals surface area contributed by atoms with Crippen LogP contribution in [0.2, 0.25) is 5.02 Å². The topological polar surface area (TPSA) is 101 Å². The van der Waals surface area contributed by atoms with E-state index in [9.17, 15) is 37.8 Å². The van der Waals surface area contributed by atoms with Crippen molar-refractivity contribution in [1.29, 1.82) is 0 Å². The average Bonchev–Trinajstić information content (AvgIpc) is 3.61. The predicted molar refractivity (Wildman–Crippen MR) is 127 cm³/mol. The van der Waals surface area contributed by atoms with Crippen molar-refractivity contribution in [2.75, 3.05) is 32.7 Å². The largest absolute Gasteiger partial charge is 0.417 e. The van der Waals surface area contributed by atoms with Crippen LogP contribution in [0.1, 0.15) is 43.7 Å². The number of piperazine rings is 1. The fourth-order valence-corrected chi connectivity index (χ4v) is 5.55. The van der Waals surface area contributed by atoms with E-state index in [0.717, 1.165) is 31.4 Å². The third-order valence-electron chi connectivity index (χ3n) is 7.90. The third kappa shape index (κ3) is 5.88. The van der Waals surface area contributed by atoms with Gasteiger partial charge in [0.2, 0.25) is 11.8 Å². The van der Waals surface area contributed by atoms with Crippen molar-refractivity contribution in [3.8, 4) is 0 Å². The first-order valence-corrected chi connectivity index (χ1v) is 12.8. The molecule has 3 fully saturated rings. The number of likely N-dealkylation sites (tertiary alicyclic amines) is 1. The quantitative estimate of drug-likeness (QED) is 0.570. The summed E-state index contributed by atoms with van der Waals surface area (Å²) in [5, 5.41) is 20.2. The molecule has 2 aliphatic heterocycles. The summed E-state index contributed by atoms with van der Waals surface area (Å²) in [7, 11) is 0. The zero-order valence-electron chi connectivity index (χ0n) is 20.5. The summed E-state index contributed by atoms with van der Waals surface area (Å²) in [4.78, 5) is 42.7. The molecule has 8 nitrogen and oxygen atoms in total. The average molecular weight is 546 g/mol. The van der Waals surface area contributed by atoms with Gasteiger partial charge in [0.25, 0.3) is 5.91 Å². The fourth-order valence-electron chi connectivity index (χ4n) is 5.24. The monoisotopic (exact) mass is 545 g/mol. The van der Waals surface area contributed by atoms with Crippen molar-refractivity contribution >= 4 is 29.3 Å². The number of carbonyl (C=O) groups is 3. The lowest BCUT2D eigenvalue weighted by Crippen LogP contribution is -2.58. The van der Waals surface area contributed by atoms with Crippen LogP contribution in [0.4, 0.5) is 13.2 Å². The van der Waals surface area contributed by atoms with Crippen LogP contribution < -0.4 is 0 Å². The molecule has 1 unspecified atom stereocenters. The molecule has 1 saturated carbocycles. The van der Waals surface area contributed by atoms with Crippen LogP contribution in [0.3, 0.4) is 0 Å². The maximum Gasteiger partial charge on any atom is 0.417 e. The van der Waals surface area contributed by atoms with Gasteiger partial charge >= 0.3 is 6.18 Å². The summed E-state index contributed by atoms with van der Waals surface area (Å²) < 4.78 is 38.7. The number of hydrogen-bond acceptors (Lipinski definition) is 5. The van der Waals surface area contributed by atoms with Crippen LogP contribution in [0.15, 0.2) is 18.2 Å². The van der Waals surface area contributed by atoms with E-state index in [1.807, 2.05) is 0 Å². The van der Waals surface area contributed by atoms with Gasteiger partial charge in [0.15, 0.2) is 0 Å². The lowest BCUT2D eigenvalue weighted by Gasteiger charge is -2.40. The van der Waals surface area contributed by atoms with Crippen molar-refractivity contribution in [2.45, 2.75) is 63.5 Å². The summed E-state index contributed by atoms with van der Waals surface area (Å²) in [6, 6.07) is 2.33. The zero-order valence-corrected chi connectivity index (χ0v) is 21.3. The minimum Gasteiger partial charge on any atom is -0.391 e. The number of carbonyl (C=O) groups excluding carboxylic acids is 3. The maximum absolute atomic E-state index is 12.9. The Balaban J connectivity index is 1.27. The molecule has 4 rings (SSSR count). The van der Waals surface area contributed by atoms with E-state index in [-0.39, 0.29) is 50.3 Å². The maximum atomic E-state index is 12.9. The lowest BCUT2D eigenvalue weighted by molar-refractivity contribution is -0.151. The number of aliphatic hydroxyl groups excluding tert-OH is 2. The first kappa shape index (κ1) is 27.7. The van der Waals surface area contributed by atoms with Crippen molar-refractivity contribution < 1.29 is 37.8 Å². The van der Waals surface area contributed by atoms with Gasteiger partial charge in [-0.2, -0.15) is 13.2 Å². The van der Waals surface area contributed by atoms with Gasteiger partial charge in [0, 0.05) is 32.7 Å². The van der Waals surface area contributed by atoms with Crippen LogP contribution in [0, 0.1) is 5.41 Å². The minimum atomic E-state index is -4.59. The highest BCUT2D eigenvalue weighted by Gasteiger charge is 2.52. The Morgan fingerprint density at radius 3 is 2.49 bits per heavy atom. The van der Waals surface area contributed by atoms with Crippen LogP contribution in [-0.4, -0.2) is 93.6 Å². The molecule has 3 aliphatic rings. The first-order valence-electron chi connectivity index (χ1n) is 12.4. The number of piperidine rings is 1. The molecule has 0 bridgehead atoms. The van der Waals surface area contributed by atoms with E-state index in [2.05, 4.69) is 0 Å². The molecule has 0 aromatic heterocycles. The molecule has 2 N–H and O–H groups in total. The number of nitrogens with zero attached hydrogens (tertiary/aromatic N) is 3. The second-order valence-electron chi connectivity index (χ2n) is 10.3. The van der Waals surface area contributed by atoms with Crippen LogP contribution in [0.25, 0.3) is 0 Å². The number of hydrogen-bond donors (Lipinski definition) is 2. The molecule has 2 heterocycles. The summed E-state index contributed by atoms with van der Waals surface area (Å²) >= 11 is 5.74. The number of rotatable bonds is 6. The number of aliphatic hydroxyl groups is 2. The second kappa shape index (κ2) is 10.4. The Morgan fingerprint density at radius 2 is 1.89 bits per heavy atom. The Morgan fingerprint density at radius 1 is 1.19 bits per heavy atom. The molecule has 1 aromatic rings. The van der Waals surface area contributed by atoms with Crippen molar-refractivity contribution in [3.63, 3.8) is 0 Å². The summed E-state index contributed by atoms with van der Waals surface area (Å²) in [6.07, 6.45) is -3.99. The van der Waals surface area contributed by atoms with Crippen molar-refractivity contribution in [2.24, 2.45) is 5.41 Å². The summed E-state index contributed by atoms with van der Waals surface area (Å²) in [6.45, 7) is 2.81. The molecular formula is C25H31ClF3N3O5. The molecule has 1 aromatic carbocycles. The Kier molecular flexibility index (Phi) is 7.79. The Bertz CT molecular complexity index is 1060. The molecule has 204 valence electrons. The van der Waals surface area contributed by atoms with E-state index in [0.29, 0.717) is 12.1 Å². The van der Waals surface area contributed by atoms with E-state index in [1.165, 1.54) is 20.8 Å². The van der Waals surface area contributed by atoms with E-state index >= 15 is 0 Å². The molecule has 0 radical (unpaired) electrons. The van der Waals surface area contributed by atoms with Crippen LogP contribution in [-0.2, 0) is 27.0 Å². The highest BCUT2D eigenvalue weighted by Crippen LogP contribution is 2.53. The standard InChI is InChI=1S/C25H31ClF3N3O5/c1-15-22(36)30(8-4-19(33)23(37)31-9-7-24(5-6-24)20(34)14-31)10-11-32(15)21(35)13-16-2-3-17(18(26)12-16)25(27,28)29/h2-3,12,15,19-20,33-34H,4-11,13-14H2,1H3/t15-,19?,20+/m0/s1. The molecule has 2 saturated heterocycles. The normalized spacial score (nSPS) is 24.4. The highest BCUT2D eigenvalue weighted by atomic mass is 35.5. The van der Waals surface area contributed by atoms with Crippen molar-refractivity contribution in [3.05, 3.63) is 34.3 Å². The van der Waals surface area contributed by atoms with E-state index in [4.69, 9.17) is 11.6 Å². The van der Waals surface area contributed by atoms with Crippen LogP contribution in [0.5, 0.6) is 0 Å². The van der Waals surface area contributed by atoms with Gasteiger partial charge in [-0.15, -0.1) is 0 Å². The fraction of sp³-hybridized carbons (Fsp3) is 0.640. The SMILES string of the molecule is C[C@H]1C(=O)N(CCC(O)C(=O)N2CCC3(CC3)[C@H](O)C2)CCN1C(=O)Cc1ccc(C(F)(F)F)c(Cl)c1. The van der Waals surface area contributed by atoms with Crippen LogP contribution >= 0.6 is 11.6 Å². The first-order chi connectivity index (χ1) is 17.3. The molecule has 3 atom stereocenters. The van der Waals surface area contributed by atoms with Crippen molar-refractivity contribution in [1.82, 2.24) is 14.7 Å².